The number of hydrogen-bond donors (Lipinski definition) is 0. The largest absolute Gasteiger partial charge is 0.461 e. The molecule has 2 aromatic rings. The molecule has 4 unspecified atom stereocenters. The van der Waals surface area contributed by atoms with Gasteiger partial charge in [0.2, 0.25) is 0 Å². The summed E-state index contributed by atoms with van der Waals surface area (Å²) < 4.78 is 36.3. The monoisotopic (exact) mass is 631 g/mol. The van der Waals surface area contributed by atoms with Crippen LogP contribution in [0.1, 0.15) is 67.1 Å². The van der Waals surface area contributed by atoms with E-state index in [0.29, 0.717) is 17.3 Å². The smallest absolute Gasteiger partial charge is 0.335 e. The lowest BCUT2D eigenvalue weighted by molar-refractivity contribution is -0.0390. The number of rotatable bonds is 6. The zero-order valence-corrected chi connectivity index (χ0v) is 28.1. The van der Waals surface area contributed by atoms with Crippen LogP contribution in [0, 0.1) is 0 Å². The van der Waals surface area contributed by atoms with Crippen LogP contribution in [0.5, 0.6) is 0 Å². The van der Waals surface area contributed by atoms with Crippen molar-refractivity contribution in [2.45, 2.75) is 102 Å². The van der Waals surface area contributed by atoms with E-state index >= 15 is 0 Å². The maximum absolute atomic E-state index is 7.34. The molecule has 4 rings (SSSR count). The van der Waals surface area contributed by atoms with Gasteiger partial charge in [0.1, 0.15) is 34.9 Å². The molecular weight excluding hydrogens is 593 g/mol. The summed E-state index contributed by atoms with van der Waals surface area (Å²) in [7, 11) is -5.67. The first-order chi connectivity index (χ1) is 18.3. The molecule has 0 bridgehead atoms. The Morgan fingerprint density at radius 1 is 1.03 bits per heavy atom. The van der Waals surface area contributed by atoms with Crippen LogP contribution in [-0.2, 0) is 22.4 Å². The van der Waals surface area contributed by atoms with Crippen molar-refractivity contribution < 1.29 is 22.4 Å². The van der Waals surface area contributed by atoms with Gasteiger partial charge in [0.15, 0.2) is 6.10 Å². The van der Waals surface area contributed by atoms with Crippen LogP contribution >= 0.6 is 35.4 Å². The number of ether oxygens (including phenoxy) is 2. The molecule has 2 fully saturated rings. The van der Waals surface area contributed by atoms with Gasteiger partial charge in [-0.25, -0.2) is 9.97 Å². The zero-order chi connectivity index (χ0) is 28.7. The van der Waals surface area contributed by atoms with Crippen LogP contribution in [0.25, 0.3) is 0 Å². The quantitative estimate of drug-likeness (QED) is 0.188. The second-order valence-electron chi connectivity index (χ2n) is 11.5. The highest BCUT2D eigenvalue weighted by molar-refractivity contribution is 7.80. The lowest BCUT2D eigenvalue weighted by Gasteiger charge is -2.51. The average molecular weight is 633 g/mol. The van der Waals surface area contributed by atoms with E-state index in [2.05, 4.69) is 65.4 Å². The molecule has 0 saturated carbocycles. The number of pyridine rings is 1. The third kappa shape index (κ3) is 5.89. The number of halogens is 2. The summed E-state index contributed by atoms with van der Waals surface area (Å²) in [6, 6.07) is 3.50. The topological polar surface area (TPSA) is 76.9 Å². The van der Waals surface area contributed by atoms with Crippen molar-refractivity contribution in [3.8, 4) is 0 Å². The molecule has 2 aromatic heterocycles. The van der Waals surface area contributed by atoms with E-state index in [1.54, 1.807) is 29.4 Å². The molecule has 0 amide bonds. The fourth-order valence-corrected chi connectivity index (χ4v) is 17.6. The van der Waals surface area contributed by atoms with Crippen molar-refractivity contribution >= 4 is 57.7 Å². The molecule has 0 spiro atoms. The lowest BCUT2D eigenvalue weighted by Crippen LogP contribution is -2.66. The van der Waals surface area contributed by atoms with Crippen LogP contribution in [0.2, 0.25) is 32.5 Å². The Bertz CT molecular complexity index is 1140. The Kier molecular flexibility index (Phi) is 9.67. The summed E-state index contributed by atoms with van der Waals surface area (Å²) in [5, 5.41) is 0.764. The Labute approximate surface area is 249 Å². The van der Waals surface area contributed by atoms with E-state index in [1.165, 1.54) is 0 Å². The van der Waals surface area contributed by atoms with E-state index in [4.69, 9.17) is 57.9 Å². The molecule has 0 radical (unpaired) electrons. The normalized spacial score (nSPS) is 26.6. The molecule has 4 heterocycles. The molecule has 2 aliphatic rings. The maximum atomic E-state index is 7.34. The molecular formula is C26H39Cl2N3O5SSi2. The molecule has 2 saturated heterocycles. The number of imidazole rings is 1. The summed E-state index contributed by atoms with van der Waals surface area (Å²) >= 11 is 18.4. The van der Waals surface area contributed by atoms with E-state index in [-0.39, 0.29) is 32.5 Å². The van der Waals surface area contributed by atoms with Gasteiger partial charge in [-0.05, 0) is 40.4 Å². The predicted molar refractivity (Wildman–Crippen MR) is 161 cm³/mol. The van der Waals surface area contributed by atoms with Crippen molar-refractivity contribution in [1.82, 2.24) is 14.5 Å². The van der Waals surface area contributed by atoms with Gasteiger partial charge in [-0.15, -0.1) is 0 Å². The van der Waals surface area contributed by atoms with Gasteiger partial charge >= 0.3 is 17.1 Å². The van der Waals surface area contributed by atoms with Gasteiger partial charge in [0.25, 0.3) is 5.17 Å². The first-order valence-electron chi connectivity index (χ1n) is 13.5. The third-order valence-corrected chi connectivity index (χ3v) is 18.8. The Hall–Kier alpha value is -0.896. The fourth-order valence-electron chi connectivity index (χ4n) is 5.70. The molecule has 0 N–H and O–H groups in total. The van der Waals surface area contributed by atoms with Crippen LogP contribution in [0.3, 0.4) is 0 Å². The molecule has 2 aliphatic heterocycles. The highest BCUT2D eigenvalue weighted by atomic mass is 35.5. The highest BCUT2D eigenvalue weighted by Gasteiger charge is 2.62. The lowest BCUT2D eigenvalue weighted by atomic mass is 10.0. The van der Waals surface area contributed by atoms with E-state index < -0.39 is 41.5 Å². The second kappa shape index (κ2) is 12.1. The first-order valence-corrected chi connectivity index (χ1v) is 18.6. The molecule has 8 nitrogen and oxygen atoms in total. The summed E-state index contributed by atoms with van der Waals surface area (Å²) in [5.41, 5.74) is 1.37. The molecule has 216 valence electrons. The van der Waals surface area contributed by atoms with Crippen LogP contribution in [0.15, 0.2) is 30.9 Å². The molecule has 13 heteroatoms. The van der Waals surface area contributed by atoms with Gasteiger partial charge in [0.05, 0.1) is 6.61 Å². The van der Waals surface area contributed by atoms with E-state index in [1.807, 2.05) is 6.07 Å². The van der Waals surface area contributed by atoms with Gasteiger partial charge in [-0.3, -0.25) is 4.57 Å². The minimum absolute atomic E-state index is 0.144. The van der Waals surface area contributed by atoms with Crippen molar-refractivity contribution in [2.75, 3.05) is 6.61 Å². The number of fused-ring (bicyclic) bond motifs is 1. The third-order valence-electron chi connectivity index (χ3n) is 7.74. The minimum atomic E-state index is -2.93. The van der Waals surface area contributed by atoms with Crippen LogP contribution < -0.4 is 0 Å². The van der Waals surface area contributed by atoms with Gasteiger partial charge < -0.3 is 22.4 Å². The summed E-state index contributed by atoms with van der Waals surface area (Å²) in [5.74, 6) is 0. The van der Waals surface area contributed by atoms with Gasteiger partial charge in [0, 0.05) is 18.0 Å². The summed E-state index contributed by atoms with van der Waals surface area (Å²) in [6.45, 7) is 17.8. The van der Waals surface area contributed by atoms with Crippen LogP contribution in [0.4, 0.5) is 0 Å². The predicted octanol–water partition coefficient (Wildman–Crippen LogP) is 7.20. The van der Waals surface area contributed by atoms with Crippen molar-refractivity contribution in [1.29, 1.82) is 0 Å². The highest BCUT2D eigenvalue weighted by Crippen LogP contribution is 2.50. The molecule has 39 heavy (non-hydrogen) atoms. The van der Waals surface area contributed by atoms with Crippen LogP contribution in [-0.4, -0.2) is 61.8 Å². The minimum Gasteiger partial charge on any atom is -0.461 e. The van der Waals surface area contributed by atoms with Crippen molar-refractivity contribution in [3.05, 3.63) is 46.7 Å². The van der Waals surface area contributed by atoms with Gasteiger partial charge in [-0.2, -0.15) is 0 Å². The number of nitrogens with zero attached hydrogens (tertiary/aromatic N) is 3. The van der Waals surface area contributed by atoms with Crippen molar-refractivity contribution in [2.24, 2.45) is 0 Å². The first kappa shape index (κ1) is 31.0. The van der Waals surface area contributed by atoms with E-state index in [0.717, 1.165) is 0 Å². The Balaban J connectivity index is 1.83. The zero-order valence-electron chi connectivity index (χ0n) is 23.8. The number of thiocarbonyl (C=S) groups is 1. The molecule has 4 atom stereocenters. The second-order valence-corrected chi connectivity index (χ2v) is 21.4. The fraction of sp³-hybridized carbons (Fsp3) is 0.654. The Morgan fingerprint density at radius 3 is 2.21 bits per heavy atom. The molecule has 0 aromatic carbocycles. The number of aromatic nitrogens is 3. The van der Waals surface area contributed by atoms with Crippen molar-refractivity contribution in [3.63, 3.8) is 0 Å². The summed E-state index contributed by atoms with van der Waals surface area (Å²) in [4.78, 5) is 8.36. The standard InChI is InChI=1S/C26H39Cl2N3O5SSi2/c1-15(2)38(16(3)4)32-13-20-23(35-39(36-38,17(5)6)18(7)8)24(34-26(37)31-12-11-29-14-31)22(33-20)19-9-10-21(27)30-25(19)28/h9-12,14-18,20,22-24H,13H2,1-8H3. The average Bonchev–Trinajstić information content (AvgIpc) is 3.48. The number of hydrogen-bond acceptors (Lipinski definition) is 8. The van der Waals surface area contributed by atoms with Gasteiger partial charge in [-0.1, -0.05) is 84.7 Å². The maximum Gasteiger partial charge on any atom is 0.335 e. The molecule has 0 aliphatic carbocycles. The Morgan fingerprint density at radius 2 is 1.67 bits per heavy atom. The summed E-state index contributed by atoms with van der Waals surface area (Å²) in [6.07, 6.45) is 2.75. The van der Waals surface area contributed by atoms with E-state index in [9.17, 15) is 0 Å². The SMILES string of the molecule is CC(C)[Si]1(C(C)C)OCC2OC(c3ccc(Cl)nc3Cl)C(OC(=S)n3ccnc3)C2O[Si](C(C)C)(C(C)C)O1.